The van der Waals surface area contributed by atoms with Gasteiger partial charge in [-0.3, -0.25) is 9.69 Å². The molecule has 5 nitrogen and oxygen atoms in total. The van der Waals surface area contributed by atoms with Gasteiger partial charge in [-0.1, -0.05) is 11.6 Å². The highest BCUT2D eigenvalue weighted by Crippen LogP contribution is 2.38. The Morgan fingerprint density at radius 3 is 2.68 bits per heavy atom. The van der Waals surface area contributed by atoms with E-state index in [2.05, 4.69) is 18.7 Å². The van der Waals surface area contributed by atoms with Crippen LogP contribution in [0.3, 0.4) is 0 Å². The molecule has 0 radical (unpaired) electrons. The van der Waals surface area contributed by atoms with Crippen LogP contribution in [0.1, 0.15) is 46.4 Å². The van der Waals surface area contributed by atoms with Gasteiger partial charge in [0.15, 0.2) is 5.78 Å². The molecule has 1 saturated heterocycles. The van der Waals surface area contributed by atoms with Gasteiger partial charge in [0.05, 0.1) is 17.0 Å². The number of rotatable bonds is 5. The predicted octanol–water partition coefficient (Wildman–Crippen LogP) is 5.55. The Morgan fingerprint density at radius 1 is 1.25 bits per heavy atom. The van der Waals surface area contributed by atoms with Gasteiger partial charge in [0.2, 0.25) is 5.88 Å². The molecule has 146 valence electrons. The van der Waals surface area contributed by atoms with Gasteiger partial charge in [-0.15, -0.1) is 11.3 Å². The van der Waals surface area contributed by atoms with Gasteiger partial charge < -0.3 is 4.74 Å². The molecule has 0 amide bonds. The summed E-state index contributed by atoms with van der Waals surface area (Å²) >= 11 is 8.03. The Kier molecular flexibility index (Phi) is 5.36. The number of thiophene rings is 1. The van der Waals surface area contributed by atoms with Crippen LogP contribution in [-0.2, 0) is 6.54 Å². The molecule has 3 heterocycles. The summed E-state index contributed by atoms with van der Waals surface area (Å²) in [6.07, 6.45) is 2.45. The molecule has 1 aromatic carbocycles. The van der Waals surface area contributed by atoms with Crippen molar-refractivity contribution < 1.29 is 9.53 Å². The molecule has 0 unspecified atom stereocenters. The van der Waals surface area contributed by atoms with E-state index >= 15 is 0 Å². The van der Waals surface area contributed by atoms with E-state index in [1.54, 1.807) is 29.5 Å². The average Bonchev–Trinajstić information content (AvgIpc) is 3.25. The topological polar surface area (TPSA) is 55.3 Å². The highest BCUT2D eigenvalue weighted by Gasteiger charge is 2.20. The average molecular weight is 416 g/mol. The third-order valence-electron chi connectivity index (χ3n) is 5.15. The first-order chi connectivity index (χ1) is 13.4. The third-order valence-corrected chi connectivity index (χ3v) is 6.55. The van der Waals surface area contributed by atoms with E-state index in [1.165, 1.54) is 24.6 Å². The number of hydrogen-bond acceptors (Lipinski definition) is 6. The van der Waals surface area contributed by atoms with Crippen molar-refractivity contribution >= 4 is 38.9 Å². The molecule has 28 heavy (non-hydrogen) atoms. The zero-order chi connectivity index (χ0) is 19.8. The lowest BCUT2D eigenvalue weighted by Gasteiger charge is -2.15. The number of halogens is 1. The van der Waals surface area contributed by atoms with Crippen molar-refractivity contribution in [3.63, 3.8) is 0 Å². The molecular formula is C21H22ClN3O2S. The molecule has 1 fully saturated rings. The molecule has 7 heteroatoms. The van der Waals surface area contributed by atoms with Gasteiger partial charge >= 0.3 is 0 Å². The first-order valence-electron chi connectivity index (χ1n) is 9.39. The van der Waals surface area contributed by atoms with Crippen molar-refractivity contribution in [1.29, 1.82) is 0 Å². The Bertz CT molecular complexity index is 1060. The fourth-order valence-electron chi connectivity index (χ4n) is 3.45. The number of carbonyl (C=O) groups is 1. The quantitative estimate of drug-likeness (QED) is 0.511. The predicted molar refractivity (Wildman–Crippen MR) is 113 cm³/mol. The zero-order valence-corrected chi connectivity index (χ0v) is 17.8. The van der Waals surface area contributed by atoms with Crippen LogP contribution < -0.4 is 4.74 Å². The van der Waals surface area contributed by atoms with E-state index in [9.17, 15) is 4.79 Å². The van der Waals surface area contributed by atoms with E-state index in [0.29, 0.717) is 22.2 Å². The fraction of sp³-hybridized carbons (Fsp3) is 0.381. The monoisotopic (exact) mass is 415 g/mol. The van der Waals surface area contributed by atoms with Crippen molar-refractivity contribution in [3.8, 4) is 11.6 Å². The van der Waals surface area contributed by atoms with E-state index in [4.69, 9.17) is 26.3 Å². The second-order valence-electron chi connectivity index (χ2n) is 7.20. The van der Waals surface area contributed by atoms with Crippen LogP contribution in [0.2, 0.25) is 5.02 Å². The number of aromatic nitrogens is 2. The first-order valence-corrected chi connectivity index (χ1v) is 10.6. The van der Waals surface area contributed by atoms with Gasteiger partial charge in [-0.2, -0.15) is 4.98 Å². The number of benzene rings is 1. The number of hydrogen-bond donors (Lipinski definition) is 0. The van der Waals surface area contributed by atoms with Gasteiger partial charge in [-0.05, 0) is 70.5 Å². The molecule has 0 aliphatic carbocycles. The van der Waals surface area contributed by atoms with Gasteiger partial charge in [-0.25, -0.2) is 4.98 Å². The Morgan fingerprint density at radius 2 is 2.00 bits per heavy atom. The van der Waals surface area contributed by atoms with Crippen LogP contribution >= 0.6 is 22.9 Å². The number of nitrogens with zero attached hydrogens (tertiary/aromatic N) is 3. The number of fused-ring (bicyclic) bond motifs is 1. The first kappa shape index (κ1) is 19.3. The number of aryl methyl sites for hydroxylation is 2. The second kappa shape index (κ2) is 7.78. The van der Waals surface area contributed by atoms with Crippen LogP contribution in [-0.4, -0.2) is 33.7 Å². The molecule has 4 rings (SSSR count). The Labute approximate surface area is 173 Å². The summed E-state index contributed by atoms with van der Waals surface area (Å²) in [7, 11) is 0. The van der Waals surface area contributed by atoms with E-state index < -0.39 is 0 Å². The number of Topliss-reactive ketones (excluding diaryl/α,β-unsaturated/α-hetero) is 1. The number of likely N-dealkylation sites (tertiary alicyclic amines) is 1. The van der Waals surface area contributed by atoms with Crippen molar-refractivity contribution in [3.05, 3.63) is 45.1 Å². The third kappa shape index (κ3) is 3.77. The van der Waals surface area contributed by atoms with Crippen LogP contribution in [0.5, 0.6) is 11.6 Å². The number of carbonyl (C=O) groups excluding carboxylic acids is 1. The van der Waals surface area contributed by atoms with E-state index in [1.807, 2.05) is 0 Å². The van der Waals surface area contributed by atoms with Crippen LogP contribution in [0.25, 0.3) is 10.2 Å². The number of ketones is 1. The highest BCUT2D eigenvalue weighted by atomic mass is 35.5. The lowest BCUT2D eigenvalue weighted by molar-refractivity contribution is 0.101. The maximum Gasteiger partial charge on any atom is 0.231 e. The summed E-state index contributed by atoms with van der Waals surface area (Å²) in [6.45, 7) is 8.55. The summed E-state index contributed by atoms with van der Waals surface area (Å²) in [5.74, 6) is 1.75. The fourth-order valence-corrected chi connectivity index (χ4v) is 4.70. The van der Waals surface area contributed by atoms with Crippen molar-refractivity contribution in [2.24, 2.45) is 0 Å². The summed E-state index contributed by atoms with van der Waals surface area (Å²) in [5.41, 5.74) is 1.68. The standard InChI is InChI=1S/C21H22ClN3O2S/c1-12-14(3)28-21-19(12)20(23-18(24-21)11-25-8-4-5-9-25)27-17-7-6-15(13(2)26)10-16(17)22/h6-7,10H,4-5,8-9,11H2,1-3H3. The maximum atomic E-state index is 11.6. The summed E-state index contributed by atoms with van der Waals surface area (Å²) in [4.78, 5) is 25.6. The molecule has 1 aliphatic rings. The van der Waals surface area contributed by atoms with Crippen LogP contribution in [0.4, 0.5) is 0 Å². The molecule has 0 saturated carbocycles. The normalized spacial score (nSPS) is 14.7. The lowest BCUT2D eigenvalue weighted by Crippen LogP contribution is -2.20. The van der Waals surface area contributed by atoms with Gasteiger partial charge in [0.1, 0.15) is 16.4 Å². The summed E-state index contributed by atoms with van der Waals surface area (Å²) in [5, 5.41) is 1.32. The molecule has 3 aromatic rings. The largest absolute Gasteiger partial charge is 0.437 e. The zero-order valence-electron chi connectivity index (χ0n) is 16.2. The van der Waals surface area contributed by atoms with Crippen LogP contribution in [0.15, 0.2) is 18.2 Å². The van der Waals surface area contributed by atoms with Gasteiger partial charge in [0, 0.05) is 10.4 Å². The van der Waals surface area contributed by atoms with Crippen molar-refractivity contribution in [2.75, 3.05) is 13.1 Å². The SMILES string of the molecule is CC(=O)c1ccc(Oc2nc(CN3CCCC3)nc3sc(C)c(C)c23)c(Cl)c1. The Hall–Kier alpha value is -2.02. The van der Waals surface area contributed by atoms with Gasteiger partial charge in [0.25, 0.3) is 0 Å². The van der Waals surface area contributed by atoms with Crippen LogP contribution in [0, 0.1) is 13.8 Å². The summed E-state index contributed by atoms with van der Waals surface area (Å²) in [6, 6.07) is 5.08. The molecule has 1 aliphatic heterocycles. The smallest absolute Gasteiger partial charge is 0.231 e. The molecular weight excluding hydrogens is 394 g/mol. The molecule has 0 N–H and O–H groups in total. The molecule has 0 atom stereocenters. The van der Waals surface area contributed by atoms with E-state index in [0.717, 1.165) is 41.2 Å². The minimum atomic E-state index is -0.0323. The minimum absolute atomic E-state index is 0.0323. The Balaban J connectivity index is 1.74. The lowest BCUT2D eigenvalue weighted by atomic mass is 10.1. The second-order valence-corrected chi connectivity index (χ2v) is 8.81. The van der Waals surface area contributed by atoms with E-state index in [-0.39, 0.29) is 5.78 Å². The number of ether oxygens (including phenoxy) is 1. The molecule has 0 spiro atoms. The minimum Gasteiger partial charge on any atom is -0.437 e. The summed E-state index contributed by atoms with van der Waals surface area (Å²) < 4.78 is 6.15. The maximum absolute atomic E-state index is 11.6. The van der Waals surface area contributed by atoms with Crippen molar-refractivity contribution in [1.82, 2.24) is 14.9 Å². The van der Waals surface area contributed by atoms with Crippen molar-refractivity contribution in [2.45, 2.75) is 40.2 Å². The molecule has 0 bridgehead atoms. The molecule has 2 aromatic heterocycles. The highest BCUT2D eigenvalue weighted by molar-refractivity contribution is 7.18.